The van der Waals surface area contributed by atoms with Crippen LogP contribution in [0.5, 0.6) is 0 Å². The molecule has 1 unspecified atom stereocenters. The third kappa shape index (κ3) is 2.18. The highest BCUT2D eigenvalue weighted by atomic mass is 14.7. The summed E-state index contributed by atoms with van der Waals surface area (Å²) < 4.78 is 0. The number of rotatable bonds is 3. The minimum Gasteiger partial charge on any atom is -0.324 e. The second kappa shape index (κ2) is 4.56. The number of aromatic nitrogens is 1. The van der Waals surface area contributed by atoms with Gasteiger partial charge in [-0.05, 0) is 86.2 Å². The lowest BCUT2D eigenvalue weighted by Gasteiger charge is -2.57. The molecule has 0 amide bonds. The SMILES string of the molecule is Cc1cncc(C(N)CC23CC4CC(CC(C4)C2)C3)c1. The summed E-state index contributed by atoms with van der Waals surface area (Å²) >= 11 is 0. The molecule has 20 heavy (non-hydrogen) atoms. The molecule has 2 nitrogen and oxygen atoms in total. The van der Waals surface area contributed by atoms with Gasteiger partial charge in [0, 0.05) is 18.4 Å². The average Bonchev–Trinajstić information content (AvgIpc) is 2.36. The maximum atomic E-state index is 6.55. The summed E-state index contributed by atoms with van der Waals surface area (Å²) in [5.41, 5.74) is 9.57. The molecule has 2 N–H and O–H groups in total. The predicted molar refractivity (Wildman–Crippen MR) is 81.1 cm³/mol. The Bertz CT molecular complexity index is 473. The zero-order valence-corrected chi connectivity index (χ0v) is 12.5. The molecule has 108 valence electrons. The van der Waals surface area contributed by atoms with Gasteiger partial charge in [-0.15, -0.1) is 0 Å². The molecule has 1 aromatic heterocycles. The van der Waals surface area contributed by atoms with Gasteiger partial charge in [-0.1, -0.05) is 6.07 Å². The van der Waals surface area contributed by atoms with E-state index >= 15 is 0 Å². The Hall–Kier alpha value is -0.890. The maximum Gasteiger partial charge on any atom is 0.0315 e. The molecule has 0 spiro atoms. The van der Waals surface area contributed by atoms with Gasteiger partial charge in [0.15, 0.2) is 0 Å². The Balaban J connectivity index is 1.53. The minimum atomic E-state index is 0.179. The summed E-state index contributed by atoms with van der Waals surface area (Å²) in [5, 5.41) is 0. The topological polar surface area (TPSA) is 38.9 Å². The van der Waals surface area contributed by atoms with E-state index in [0.717, 1.165) is 17.8 Å². The summed E-state index contributed by atoms with van der Waals surface area (Å²) in [6.07, 6.45) is 14.0. The molecule has 1 heterocycles. The molecule has 0 aromatic carbocycles. The van der Waals surface area contributed by atoms with Gasteiger partial charge in [0.25, 0.3) is 0 Å². The van der Waals surface area contributed by atoms with E-state index in [9.17, 15) is 0 Å². The van der Waals surface area contributed by atoms with Crippen LogP contribution < -0.4 is 5.73 Å². The van der Waals surface area contributed by atoms with Gasteiger partial charge in [0.2, 0.25) is 0 Å². The Morgan fingerprint density at radius 1 is 1.15 bits per heavy atom. The van der Waals surface area contributed by atoms with Crippen molar-refractivity contribution in [2.45, 2.75) is 57.9 Å². The van der Waals surface area contributed by atoms with E-state index in [0.29, 0.717) is 5.41 Å². The Morgan fingerprint density at radius 2 is 1.75 bits per heavy atom. The van der Waals surface area contributed by atoms with Gasteiger partial charge in [-0.25, -0.2) is 0 Å². The van der Waals surface area contributed by atoms with Crippen LogP contribution in [-0.4, -0.2) is 4.98 Å². The molecule has 0 saturated heterocycles. The van der Waals surface area contributed by atoms with Crippen LogP contribution in [0.4, 0.5) is 0 Å². The van der Waals surface area contributed by atoms with Crippen LogP contribution in [0.25, 0.3) is 0 Å². The van der Waals surface area contributed by atoms with E-state index in [4.69, 9.17) is 5.73 Å². The molecule has 2 heteroatoms. The first kappa shape index (κ1) is 12.8. The summed E-state index contributed by atoms with van der Waals surface area (Å²) in [4.78, 5) is 4.32. The Labute approximate surface area is 122 Å². The molecule has 0 radical (unpaired) electrons. The Kier molecular flexibility index (Phi) is 2.92. The predicted octanol–water partition coefficient (Wildman–Crippen LogP) is 4.00. The third-order valence-electron chi connectivity index (χ3n) is 6.14. The molecular formula is C18H26N2. The highest BCUT2D eigenvalue weighted by Gasteiger charge is 2.51. The van der Waals surface area contributed by atoms with Crippen LogP contribution in [-0.2, 0) is 0 Å². The fourth-order valence-corrected chi connectivity index (χ4v) is 5.91. The molecule has 4 aliphatic rings. The third-order valence-corrected chi connectivity index (χ3v) is 6.14. The van der Waals surface area contributed by atoms with E-state index < -0.39 is 0 Å². The highest BCUT2D eigenvalue weighted by Crippen LogP contribution is 2.62. The largest absolute Gasteiger partial charge is 0.324 e. The highest BCUT2D eigenvalue weighted by molar-refractivity contribution is 5.20. The van der Waals surface area contributed by atoms with Crippen molar-refractivity contribution in [3.63, 3.8) is 0 Å². The summed E-state index contributed by atoms with van der Waals surface area (Å²) in [6, 6.07) is 2.40. The van der Waals surface area contributed by atoms with Crippen LogP contribution >= 0.6 is 0 Å². The van der Waals surface area contributed by atoms with Crippen molar-refractivity contribution in [1.82, 2.24) is 4.98 Å². The van der Waals surface area contributed by atoms with Crippen molar-refractivity contribution in [3.05, 3.63) is 29.6 Å². The minimum absolute atomic E-state index is 0.179. The number of pyridine rings is 1. The smallest absolute Gasteiger partial charge is 0.0315 e. The van der Waals surface area contributed by atoms with Gasteiger partial charge >= 0.3 is 0 Å². The van der Waals surface area contributed by atoms with E-state index in [2.05, 4.69) is 18.0 Å². The Morgan fingerprint density at radius 3 is 2.30 bits per heavy atom. The molecule has 0 aliphatic heterocycles. The molecule has 1 atom stereocenters. The van der Waals surface area contributed by atoms with Gasteiger partial charge in [0.1, 0.15) is 0 Å². The quantitative estimate of drug-likeness (QED) is 0.901. The summed E-state index contributed by atoms with van der Waals surface area (Å²) in [7, 11) is 0. The lowest BCUT2D eigenvalue weighted by Crippen LogP contribution is -2.47. The molecule has 4 aliphatic carbocycles. The van der Waals surface area contributed by atoms with Crippen LogP contribution in [0.3, 0.4) is 0 Å². The van der Waals surface area contributed by atoms with Crippen molar-refractivity contribution in [2.24, 2.45) is 28.9 Å². The van der Waals surface area contributed by atoms with E-state index in [1.54, 1.807) is 0 Å². The monoisotopic (exact) mass is 270 g/mol. The second-order valence-corrected chi connectivity index (χ2v) is 8.02. The number of nitrogens with two attached hydrogens (primary N) is 1. The molecule has 4 bridgehead atoms. The fourth-order valence-electron chi connectivity index (χ4n) is 5.91. The van der Waals surface area contributed by atoms with Crippen LogP contribution in [0.15, 0.2) is 18.5 Å². The molecule has 5 rings (SSSR count). The zero-order chi connectivity index (χ0) is 13.7. The summed E-state index contributed by atoms with van der Waals surface area (Å²) in [5.74, 6) is 3.05. The van der Waals surface area contributed by atoms with E-state index in [-0.39, 0.29) is 6.04 Å². The van der Waals surface area contributed by atoms with Gasteiger partial charge in [-0.3, -0.25) is 4.98 Å². The average molecular weight is 270 g/mol. The van der Waals surface area contributed by atoms with Crippen molar-refractivity contribution in [3.8, 4) is 0 Å². The maximum absolute atomic E-state index is 6.55. The van der Waals surface area contributed by atoms with Gasteiger partial charge in [-0.2, -0.15) is 0 Å². The first-order valence-electron chi connectivity index (χ1n) is 8.29. The molecule has 4 saturated carbocycles. The molecule has 4 fully saturated rings. The first-order chi connectivity index (χ1) is 9.62. The fraction of sp³-hybridized carbons (Fsp3) is 0.722. The summed E-state index contributed by atoms with van der Waals surface area (Å²) in [6.45, 7) is 2.11. The van der Waals surface area contributed by atoms with Gasteiger partial charge in [0.05, 0.1) is 0 Å². The van der Waals surface area contributed by atoms with Crippen molar-refractivity contribution < 1.29 is 0 Å². The van der Waals surface area contributed by atoms with Crippen LogP contribution in [0.2, 0.25) is 0 Å². The van der Waals surface area contributed by atoms with Gasteiger partial charge < -0.3 is 5.73 Å². The van der Waals surface area contributed by atoms with Crippen LogP contribution in [0, 0.1) is 30.1 Å². The standard InChI is InChI=1S/C18H26N2/c1-12-2-16(11-20-10-12)17(19)9-18-6-13-3-14(7-18)5-15(4-13)8-18/h2,10-11,13-15,17H,3-9,19H2,1H3. The van der Waals surface area contributed by atoms with Crippen molar-refractivity contribution in [2.75, 3.05) is 0 Å². The normalized spacial score (nSPS) is 40.0. The molecular weight excluding hydrogens is 244 g/mol. The van der Waals surface area contributed by atoms with E-state index in [1.807, 2.05) is 12.4 Å². The lowest BCUT2D eigenvalue weighted by molar-refractivity contribution is -0.0605. The number of aryl methyl sites for hydroxylation is 1. The van der Waals surface area contributed by atoms with Crippen molar-refractivity contribution >= 4 is 0 Å². The number of hydrogen-bond donors (Lipinski definition) is 1. The first-order valence-corrected chi connectivity index (χ1v) is 8.29. The second-order valence-electron chi connectivity index (χ2n) is 8.02. The van der Waals surface area contributed by atoms with Crippen LogP contribution in [0.1, 0.15) is 62.1 Å². The zero-order valence-electron chi connectivity index (χ0n) is 12.5. The number of hydrogen-bond acceptors (Lipinski definition) is 2. The van der Waals surface area contributed by atoms with E-state index in [1.165, 1.54) is 56.1 Å². The van der Waals surface area contributed by atoms with Crippen molar-refractivity contribution in [1.29, 1.82) is 0 Å². The molecule has 1 aromatic rings. The lowest BCUT2D eigenvalue weighted by atomic mass is 9.48. The number of nitrogens with zero attached hydrogens (tertiary/aromatic N) is 1.